The van der Waals surface area contributed by atoms with Crippen LogP contribution < -0.4 is 9.47 Å². The van der Waals surface area contributed by atoms with Crippen LogP contribution in [0.3, 0.4) is 0 Å². The summed E-state index contributed by atoms with van der Waals surface area (Å²) in [5.41, 5.74) is 7.04. The largest absolute Gasteiger partial charge is 0.491 e. The zero-order valence-electron chi connectivity index (χ0n) is 23.7. The summed E-state index contributed by atoms with van der Waals surface area (Å²) in [4.78, 5) is 0. The number of ether oxygens (including phenoxy) is 4. The van der Waals surface area contributed by atoms with E-state index < -0.39 is 5.41 Å². The molecule has 0 N–H and O–H groups in total. The van der Waals surface area contributed by atoms with Gasteiger partial charge in [-0.1, -0.05) is 97.1 Å². The summed E-state index contributed by atoms with van der Waals surface area (Å²) in [6.45, 7) is 2.73. The van der Waals surface area contributed by atoms with Crippen LogP contribution >= 0.6 is 0 Å². The first-order chi connectivity index (χ1) is 21.3. The molecule has 4 nitrogen and oxygen atoms in total. The second-order valence-corrected chi connectivity index (χ2v) is 11.7. The fourth-order valence-corrected chi connectivity index (χ4v) is 6.97. The normalized spacial score (nSPS) is 21.4. The van der Waals surface area contributed by atoms with Crippen molar-refractivity contribution in [2.24, 2.45) is 0 Å². The summed E-state index contributed by atoms with van der Waals surface area (Å²) >= 11 is 0. The van der Waals surface area contributed by atoms with Crippen molar-refractivity contribution in [2.75, 3.05) is 26.4 Å². The second kappa shape index (κ2) is 9.70. The number of rotatable bonds is 8. The van der Waals surface area contributed by atoms with E-state index in [4.69, 9.17) is 18.9 Å². The molecule has 2 saturated heterocycles. The molecule has 3 aliphatic rings. The first-order valence-corrected chi connectivity index (χ1v) is 15.0. The Hall–Kier alpha value is -4.64. The molecule has 2 aliphatic heterocycles. The van der Waals surface area contributed by atoms with Gasteiger partial charge in [0.2, 0.25) is 0 Å². The quantitative estimate of drug-likeness (QED) is 0.177. The summed E-state index contributed by atoms with van der Waals surface area (Å²) < 4.78 is 22.9. The summed E-state index contributed by atoms with van der Waals surface area (Å²) in [6.07, 6.45) is 0.429. The topological polar surface area (TPSA) is 43.5 Å². The molecular weight excluding hydrogens is 532 g/mol. The fourth-order valence-electron chi connectivity index (χ4n) is 6.97. The molecule has 9 rings (SSSR count). The lowest BCUT2D eigenvalue weighted by molar-refractivity contribution is 0.263. The number of epoxide rings is 2. The van der Waals surface area contributed by atoms with Crippen molar-refractivity contribution >= 4 is 21.5 Å². The Kier molecular flexibility index (Phi) is 5.62. The lowest BCUT2D eigenvalue weighted by Crippen LogP contribution is -2.29. The Labute approximate surface area is 250 Å². The zero-order valence-corrected chi connectivity index (χ0v) is 23.7. The van der Waals surface area contributed by atoms with E-state index in [1.165, 1.54) is 54.9 Å². The molecular formula is C39H30O4. The van der Waals surface area contributed by atoms with Crippen LogP contribution in [0.5, 0.6) is 11.5 Å². The smallest absolute Gasteiger partial charge is 0.119 e. The molecule has 0 bridgehead atoms. The summed E-state index contributed by atoms with van der Waals surface area (Å²) in [7, 11) is 0. The van der Waals surface area contributed by atoms with Gasteiger partial charge in [0.05, 0.1) is 18.6 Å². The highest BCUT2D eigenvalue weighted by molar-refractivity contribution is 6.08. The molecule has 4 heteroatoms. The van der Waals surface area contributed by atoms with E-state index in [1.807, 2.05) is 0 Å². The minimum absolute atomic E-state index is 0.214. The van der Waals surface area contributed by atoms with Crippen LogP contribution in [0.4, 0.5) is 0 Å². The van der Waals surface area contributed by atoms with Crippen LogP contribution in [0.1, 0.15) is 22.3 Å². The SMILES string of the molecule is c1ccc2c3c(ccc2c1)C(c1ccc(OCC2CO2)cc1)(c1ccc(OCC2CO2)cc1)c1c-3ccc2ccccc12. The van der Waals surface area contributed by atoms with Crippen LogP contribution in [-0.4, -0.2) is 38.6 Å². The predicted octanol–water partition coefficient (Wildman–Crippen LogP) is 7.91. The van der Waals surface area contributed by atoms with Gasteiger partial charge in [0.15, 0.2) is 0 Å². The van der Waals surface area contributed by atoms with Gasteiger partial charge in [-0.3, -0.25) is 0 Å². The molecule has 2 fully saturated rings. The van der Waals surface area contributed by atoms with Crippen molar-refractivity contribution < 1.29 is 18.9 Å². The summed E-state index contributed by atoms with van der Waals surface area (Å²) in [6, 6.07) is 44.1. The van der Waals surface area contributed by atoms with Crippen molar-refractivity contribution in [1.29, 1.82) is 0 Å². The number of benzene rings is 6. The average Bonchev–Trinajstić information content (AvgIpc) is 4.01. The van der Waals surface area contributed by atoms with E-state index in [1.54, 1.807) is 0 Å². The van der Waals surface area contributed by atoms with Crippen LogP contribution in [-0.2, 0) is 14.9 Å². The summed E-state index contributed by atoms with van der Waals surface area (Å²) in [5, 5.41) is 5.01. The molecule has 2 atom stereocenters. The highest BCUT2D eigenvalue weighted by atomic mass is 16.6. The van der Waals surface area contributed by atoms with Crippen LogP contribution in [0.15, 0.2) is 121 Å². The Balaban J connectivity index is 1.32. The third kappa shape index (κ3) is 4.05. The summed E-state index contributed by atoms with van der Waals surface area (Å²) in [5.74, 6) is 1.71. The molecule has 43 heavy (non-hydrogen) atoms. The zero-order chi connectivity index (χ0) is 28.4. The second-order valence-electron chi connectivity index (χ2n) is 11.7. The van der Waals surface area contributed by atoms with Crippen molar-refractivity contribution in [2.45, 2.75) is 17.6 Å². The van der Waals surface area contributed by atoms with E-state index in [0.717, 1.165) is 24.7 Å². The predicted molar refractivity (Wildman–Crippen MR) is 169 cm³/mol. The van der Waals surface area contributed by atoms with Crippen LogP contribution in [0.25, 0.3) is 32.7 Å². The van der Waals surface area contributed by atoms with Crippen LogP contribution in [0.2, 0.25) is 0 Å². The van der Waals surface area contributed by atoms with Gasteiger partial charge in [-0.05, 0) is 79.2 Å². The Morgan fingerprint density at radius 1 is 0.558 bits per heavy atom. The lowest BCUT2D eigenvalue weighted by Gasteiger charge is -2.35. The highest BCUT2D eigenvalue weighted by Gasteiger charge is 2.47. The van der Waals surface area contributed by atoms with Gasteiger partial charge in [-0.15, -0.1) is 0 Å². The van der Waals surface area contributed by atoms with Crippen molar-refractivity contribution in [1.82, 2.24) is 0 Å². The maximum atomic E-state index is 6.07. The maximum Gasteiger partial charge on any atom is 0.119 e. The van der Waals surface area contributed by atoms with Gasteiger partial charge in [0.25, 0.3) is 0 Å². The Bertz CT molecular complexity index is 1930. The highest BCUT2D eigenvalue weighted by Crippen LogP contribution is 2.59. The molecule has 0 spiro atoms. The van der Waals surface area contributed by atoms with Gasteiger partial charge < -0.3 is 18.9 Å². The van der Waals surface area contributed by atoms with Gasteiger partial charge >= 0.3 is 0 Å². The standard InChI is InChI=1S/C39H30O4/c1-3-7-33-25(5-1)10-20-36-37(33)35-19-9-26-6-2-4-8-34(26)38(35)39(36,27-11-15-29(16-12-27)40-21-31-23-42-31)28-13-17-30(18-14-28)41-22-32-24-43-32/h1-20,31-32H,21-24H2. The van der Waals surface area contributed by atoms with Crippen molar-refractivity contribution in [3.63, 3.8) is 0 Å². The third-order valence-corrected chi connectivity index (χ3v) is 9.16. The molecule has 6 aromatic rings. The minimum Gasteiger partial charge on any atom is -0.491 e. The van der Waals surface area contributed by atoms with E-state index in [2.05, 4.69) is 121 Å². The van der Waals surface area contributed by atoms with Gasteiger partial charge in [-0.25, -0.2) is 0 Å². The van der Waals surface area contributed by atoms with Crippen LogP contribution in [0, 0.1) is 0 Å². The number of hydrogen-bond acceptors (Lipinski definition) is 4. The molecule has 0 amide bonds. The first kappa shape index (κ1) is 24.9. The molecule has 2 heterocycles. The maximum absolute atomic E-state index is 6.07. The van der Waals surface area contributed by atoms with Gasteiger partial charge in [0.1, 0.15) is 36.9 Å². The third-order valence-electron chi connectivity index (χ3n) is 9.16. The van der Waals surface area contributed by atoms with Gasteiger partial charge in [-0.2, -0.15) is 0 Å². The molecule has 0 radical (unpaired) electrons. The average molecular weight is 563 g/mol. The number of fused-ring (bicyclic) bond motifs is 7. The Morgan fingerprint density at radius 2 is 1.07 bits per heavy atom. The minimum atomic E-state index is -0.550. The molecule has 6 aromatic carbocycles. The Morgan fingerprint density at radius 3 is 1.65 bits per heavy atom. The van der Waals surface area contributed by atoms with E-state index in [9.17, 15) is 0 Å². The molecule has 210 valence electrons. The lowest BCUT2D eigenvalue weighted by atomic mass is 9.66. The fraction of sp³-hybridized carbons (Fsp3) is 0.179. The van der Waals surface area contributed by atoms with E-state index in [0.29, 0.717) is 13.2 Å². The molecule has 1 aliphatic carbocycles. The monoisotopic (exact) mass is 562 g/mol. The first-order valence-electron chi connectivity index (χ1n) is 15.0. The van der Waals surface area contributed by atoms with Gasteiger partial charge in [0, 0.05) is 0 Å². The van der Waals surface area contributed by atoms with Crippen molar-refractivity contribution in [3.8, 4) is 22.6 Å². The van der Waals surface area contributed by atoms with E-state index in [-0.39, 0.29) is 12.2 Å². The number of hydrogen-bond donors (Lipinski definition) is 0. The molecule has 0 aromatic heterocycles. The van der Waals surface area contributed by atoms with Crippen molar-refractivity contribution in [3.05, 3.63) is 144 Å². The van der Waals surface area contributed by atoms with E-state index >= 15 is 0 Å². The molecule has 0 saturated carbocycles. The molecule has 2 unspecified atom stereocenters.